The predicted octanol–water partition coefficient (Wildman–Crippen LogP) is 5.31. The van der Waals surface area contributed by atoms with Crippen LogP contribution >= 0.6 is 11.8 Å². The van der Waals surface area contributed by atoms with Gasteiger partial charge >= 0.3 is 0 Å². The Morgan fingerprint density at radius 2 is 1.86 bits per heavy atom. The van der Waals surface area contributed by atoms with Gasteiger partial charge in [-0.2, -0.15) is 0 Å². The summed E-state index contributed by atoms with van der Waals surface area (Å²) < 4.78 is 25.3. The molecule has 7 heteroatoms. The van der Waals surface area contributed by atoms with Crippen molar-refractivity contribution in [3.05, 3.63) is 84.6 Å². The number of thioether (sulfide) groups is 1. The average Bonchev–Trinajstić information content (AvgIpc) is 3.28. The standard InChI is InChI=1S/C22H18FN3OS2/c1-29(27)20-5-3-2-4-16(20)14-28-21-12-18(22-24-10-11-25-22)19(13-26-21)15-6-8-17(23)9-7-15/h2-13H,14H2,1H3,(H,24,25). The zero-order chi connectivity index (χ0) is 20.2. The van der Waals surface area contributed by atoms with Crippen molar-refractivity contribution in [1.29, 1.82) is 0 Å². The lowest BCUT2D eigenvalue weighted by Gasteiger charge is -2.11. The van der Waals surface area contributed by atoms with E-state index in [1.54, 1.807) is 48.7 Å². The summed E-state index contributed by atoms with van der Waals surface area (Å²) in [6, 6.07) is 16.1. The number of aromatic amines is 1. The first-order valence-electron chi connectivity index (χ1n) is 8.91. The number of H-pyrrole nitrogens is 1. The number of nitrogens with one attached hydrogen (secondary N) is 1. The van der Waals surface area contributed by atoms with Gasteiger partial charge in [0.1, 0.15) is 11.6 Å². The molecule has 0 amide bonds. The summed E-state index contributed by atoms with van der Waals surface area (Å²) in [4.78, 5) is 12.9. The van der Waals surface area contributed by atoms with Gasteiger partial charge in [-0.25, -0.2) is 14.4 Å². The van der Waals surface area contributed by atoms with E-state index >= 15 is 0 Å². The number of nitrogens with zero attached hydrogens (tertiary/aromatic N) is 2. The van der Waals surface area contributed by atoms with E-state index in [9.17, 15) is 8.60 Å². The van der Waals surface area contributed by atoms with Crippen LogP contribution in [0.5, 0.6) is 0 Å². The molecule has 0 aliphatic rings. The molecule has 2 aromatic carbocycles. The number of halogens is 1. The molecular weight excluding hydrogens is 405 g/mol. The molecule has 0 spiro atoms. The number of imidazole rings is 1. The molecule has 4 aromatic rings. The molecule has 2 aromatic heterocycles. The highest BCUT2D eigenvalue weighted by Gasteiger charge is 2.13. The van der Waals surface area contributed by atoms with E-state index in [1.807, 2.05) is 30.3 Å². The lowest BCUT2D eigenvalue weighted by Crippen LogP contribution is -1.95. The summed E-state index contributed by atoms with van der Waals surface area (Å²) in [5, 5.41) is 0.832. The molecule has 2 heterocycles. The van der Waals surface area contributed by atoms with E-state index < -0.39 is 10.8 Å². The molecule has 0 radical (unpaired) electrons. The minimum Gasteiger partial charge on any atom is -0.345 e. The lowest BCUT2D eigenvalue weighted by molar-refractivity contribution is 0.628. The molecule has 29 heavy (non-hydrogen) atoms. The van der Waals surface area contributed by atoms with Crippen LogP contribution in [0.15, 0.2) is 83.1 Å². The maximum atomic E-state index is 13.3. The molecule has 146 valence electrons. The van der Waals surface area contributed by atoms with Crippen molar-refractivity contribution in [2.45, 2.75) is 15.7 Å². The highest BCUT2D eigenvalue weighted by molar-refractivity contribution is 7.98. The monoisotopic (exact) mass is 423 g/mol. The number of hydrogen-bond acceptors (Lipinski definition) is 4. The van der Waals surface area contributed by atoms with Gasteiger partial charge in [-0.05, 0) is 35.4 Å². The molecule has 1 N–H and O–H groups in total. The van der Waals surface area contributed by atoms with Gasteiger partial charge in [0.25, 0.3) is 0 Å². The van der Waals surface area contributed by atoms with Crippen LogP contribution in [0, 0.1) is 5.82 Å². The van der Waals surface area contributed by atoms with Crippen molar-refractivity contribution < 1.29 is 8.60 Å². The van der Waals surface area contributed by atoms with Crippen LogP contribution < -0.4 is 0 Å². The molecule has 0 fully saturated rings. The molecule has 4 nitrogen and oxygen atoms in total. The molecule has 0 aliphatic heterocycles. The summed E-state index contributed by atoms with van der Waals surface area (Å²) in [5.41, 5.74) is 3.67. The summed E-state index contributed by atoms with van der Waals surface area (Å²) in [6.07, 6.45) is 6.94. The molecule has 0 bridgehead atoms. The van der Waals surface area contributed by atoms with Crippen molar-refractivity contribution in [2.24, 2.45) is 0 Å². The Morgan fingerprint density at radius 3 is 2.59 bits per heavy atom. The van der Waals surface area contributed by atoms with Gasteiger partial charge in [-0.15, -0.1) is 11.8 Å². The Bertz CT molecular complexity index is 1150. The second-order valence-corrected chi connectivity index (χ2v) is 8.71. The highest BCUT2D eigenvalue weighted by atomic mass is 32.2. The van der Waals surface area contributed by atoms with E-state index in [-0.39, 0.29) is 5.82 Å². The van der Waals surface area contributed by atoms with Crippen LogP contribution in [0.3, 0.4) is 0 Å². The second-order valence-electron chi connectivity index (χ2n) is 6.36. The van der Waals surface area contributed by atoms with Crippen molar-refractivity contribution in [1.82, 2.24) is 15.0 Å². The predicted molar refractivity (Wildman–Crippen MR) is 116 cm³/mol. The number of rotatable bonds is 6. The fourth-order valence-corrected chi connectivity index (χ4v) is 4.79. The van der Waals surface area contributed by atoms with Crippen molar-refractivity contribution in [3.63, 3.8) is 0 Å². The smallest absolute Gasteiger partial charge is 0.138 e. The Hall–Kier alpha value is -2.77. The van der Waals surface area contributed by atoms with E-state index in [4.69, 9.17) is 0 Å². The van der Waals surface area contributed by atoms with E-state index in [0.717, 1.165) is 38.0 Å². The normalized spacial score (nSPS) is 12.1. The van der Waals surface area contributed by atoms with Crippen LogP contribution in [0.25, 0.3) is 22.5 Å². The van der Waals surface area contributed by atoms with Gasteiger partial charge in [0.2, 0.25) is 0 Å². The summed E-state index contributed by atoms with van der Waals surface area (Å²) >= 11 is 1.58. The SMILES string of the molecule is CS(=O)c1ccccc1CSc1cc(-c2ncc[nH]2)c(-c2ccc(F)cc2)cn1. The third-order valence-corrected chi connectivity index (χ3v) is 6.44. The largest absolute Gasteiger partial charge is 0.345 e. The van der Waals surface area contributed by atoms with Gasteiger partial charge < -0.3 is 4.98 Å². The van der Waals surface area contributed by atoms with Gasteiger partial charge in [0.05, 0.1) is 15.8 Å². The first-order chi connectivity index (χ1) is 14.1. The molecular formula is C22H18FN3OS2. The molecule has 1 atom stereocenters. The van der Waals surface area contributed by atoms with Gasteiger partial charge in [0.15, 0.2) is 0 Å². The highest BCUT2D eigenvalue weighted by Crippen LogP contribution is 2.34. The first-order valence-corrected chi connectivity index (χ1v) is 11.5. The maximum Gasteiger partial charge on any atom is 0.138 e. The van der Waals surface area contributed by atoms with Crippen LogP contribution in [-0.2, 0) is 16.6 Å². The fraction of sp³-hybridized carbons (Fsp3) is 0.0909. The van der Waals surface area contributed by atoms with Crippen LogP contribution in [-0.4, -0.2) is 25.4 Å². The Morgan fingerprint density at radius 1 is 1.07 bits per heavy atom. The van der Waals surface area contributed by atoms with Gasteiger partial charge in [0, 0.05) is 46.6 Å². The summed E-state index contributed by atoms with van der Waals surface area (Å²) in [7, 11) is -1.04. The fourth-order valence-electron chi connectivity index (χ4n) is 3.04. The summed E-state index contributed by atoms with van der Waals surface area (Å²) in [5.74, 6) is 1.11. The number of benzene rings is 2. The van der Waals surface area contributed by atoms with Crippen LogP contribution in [0.1, 0.15) is 5.56 Å². The van der Waals surface area contributed by atoms with Crippen molar-refractivity contribution >= 4 is 22.6 Å². The van der Waals surface area contributed by atoms with Gasteiger partial charge in [-0.1, -0.05) is 30.3 Å². The summed E-state index contributed by atoms with van der Waals surface area (Å²) in [6.45, 7) is 0. The Kier molecular flexibility index (Phi) is 5.87. The average molecular weight is 424 g/mol. The molecule has 0 saturated carbocycles. The van der Waals surface area contributed by atoms with E-state index in [0.29, 0.717) is 5.75 Å². The third kappa shape index (κ3) is 4.46. The second kappa shape index (κ2) is 8.71. The minimum atomic E-state index is -1.04. The van der Waals surface area contributed by atoms with Gasteiger partial charge in [-0.3, -0.25) is 4.21 Å². The molecule has 0 aliphatic carbocycles. The van der Waals surface area contributed by atoms with Crippen LogP contribution in [0.4, 0.5) is 4.39 Å². The third-order valence-electron chi connectivity index (χ3n) is 4.45. The zero-order valence-corrected chi connectivity index (χ0v) is 17.3. The Labute approximate surface area is 175 Å². The first kappa shape index (κ1) is 19.5. The van der Waals surface area contributed by atoms with E-state index in [2.05, 4.69) is 15.0 Å². The maximum absolute atomic E-state index is 13.3. The number of hydrogen-bond donors (Lipinski definition) is 1. The lowest BCUT2D eigenvalue weighted by atomic mass is 10.0. The minimum absolute atomic E-state index is 0.277. The zero-order valence-electron chi connectivity index (χ0n) is 15.6. The quantitative estimate of drug-likeness (QED) is 0.427. The van der Waals surface area contributed by atoms with E-state index in [1.165, 1.54) is 12.1 Å². The van der Waals surface area contributed by atoms with Crippen molar-refractivity contribution in [3.8, 4) is 22.5 Å². The molecule has 0 saturated heterocycles. The topological polar surface area (TPSA) is 58.6 Å². The number of aromatic nitrogens is 3. The van der Waals surface area contributed by atoms with Crippen molar-refractivity contribution in [2.75, 3.05) is 6.26 Å². The number of pyridine rings is 1. The Balaban J connectivity index is 1.67. The molecule has 1 unspecified atom stereocenters. The molecule has 4 rings (SSSR count). The van der Waals surface area contributed by atoms with Crippen LogP contribution in [0.2, 0.25) is 0 Å².